The zero-order chi connectivity index (χ0) is 23.5. The average Bonchev–Trinajstić information content (AvgIpc) is 3.32. The van der Waals surface area contributed by atoms with Gasteiger partial charge in [0.05, 0.1) is 11.6 Å². The molecule has 33 heavy (non-hydrogen) atoms. The first kappa shape index (κ1) is 22.4. The van der Waals surface area contributed by atoms with E-state index in [1.807, 2.05) is 64.1 Å². The molecule has 9 nitrogen and oxygen atoms in total. The Hall–Kier alpha value is -3.75. The van der Waals surface area contributed by atoms with Crippen molar-refractivity contribution in [3.8, 4) is 5.82 Å². The van der Waals surface area contributed by atoms with Gasteiger partial charge in [0, 0.05) is 43.5 Å². The third-order valence-electron chi connectivity index (χ3n) is 5.62. The maximum absolute atomic E-state index is 12.6. The van der Waals surface area contributed by atoms with Crippen LogP contribution in [0.4, 0.5) is 11.5 Å². The van der Waals surface area contributed by atoms with E-state index < -0.39 is 0 Å². The maximum atomic E-state index is 12.6. The van der Waals surface area contributed by atoms with Crippen LogP contribution in [-0.4, -0.2) is 51.2 Å². The Labute approximate surface area is 193 Å². The number of nitrogens with one attached hydrogen (secondary N) is 2. The minimum Gasteiger partial charge on any atom is -0.368 e. The van der Waals surface area contributed by atoms with E-state index in [1.165, 1.54) is 0 Å². The van der Waals surface area contributed by atoms with Crippen molar-refractivity contribution in [3.63, 3.8) is 0 Å². The van der Waals surface area contributed by atoms with Crippen molar-refractivity contribution >= 4 is 23.3 Å². The molecule has 1 fully saturated rings. The summed E-state index contributed by atoms with van der Waals surface area (Å²) >= 11 is 0. The van der Waals surface area contributed by atoms with Crippen LogP contribution in [0, 0.1) is 33.6 Å². The van der Waals surface area contributed by atoms with Crippen molar-refractivity contribution in [1.82, 2.24) is 25.1 Å². The van der Waals surface area contributed by atoms with Gasteiger partial charge in [-0.25, -0.2) is 14.6 Å². The van der Waals surface area contributed by atoms with Crippen molar-refractivity contribution in [2.24, 2.45) is 5.92 Å². The summed E-state index contributed by atoms with van der Waals surface area (Å²) in [5.41, 5.74) is 3.88. The Morgan fingerprint density at radius 1 is 1.06 bits per heavy atom. The van der Waals surface area contributed by atoms with Crippen LogP contribution < -0.4 is 15.5 Å². The fourth-order valence-electron chi connectivity index (χ4n) is 3.99. The molecule has 2 aromatic heterocycles. The summed E-state index contributed by atoms with van der Waals surface area (Å²) in [5.74, 6) is 1.51. The largest absolute Gasteiger partial charge is 0.368 e. The van der Waals surface area contributed by atoms with Gasteiger partial charge in [0.1, 0.15) is 11.6 Å². The van der Waals surface area contributed by atoms with Crippen molar-refractivity contribution in [3.05, 3.63) is 59.2 Å². The second-order valence-corrected chi connectivity index (χ2v) is 8.46. The van der Waals surface area contributed by atoms with Crippen molar-refractivity contribution in [1.29, 1.82) is 0 Å². The van der Waals surface area contributed by atoms with E-state index in [9.17, 15) is 9.59 Å². The van der Waals surface area contributed by atoms with Gasteiger partial charge in [-0.1, -0.05) is 17.7 Å². The minimum absolute atomic E-state index is 0.0229. The van der Waals surface area contributed by atoms with E-state index in [1.54, 1.807) is 9.58 Å². The molecule has 0 aliphatic carbocycles. The summed E-state index contributed by atoms with van der Waals surface area (Å²) in [4.78, 5) is 35.6. The van der Waals surface area contributed by atoms with Crippen molar-refractivity contribution in [2.45, 2.75) is 34.1 Å². The van der Waals surface area contributed by atoms with E-state index in [0.717, 1.165) is 22.6 Å². The van der Waals surface area contributed by atoms with Crippen LogP contribution in [0.1, 0.15) is 29.2 Å². The van der Waals surface area contributed by atoms with Crippen LogP contribution >= 0.6 is 0 Å². The molecule has 0 bridgehead atoms. The molecule has 0 radical (unpaired) electrons. The molecule has 2 N–H and O–H groups in total. The number of carbonyl (C=O) groups excluding carboxylic acids is 2. The molecule has 0 unspecified atom stereocenters. The average molecular weight is 448 g/mol. The van der Waals surface area contributed by atoms with Crippen LogP contribution in [0.3, 0.4) is 0 Å². The predicted molar refractivity (Wildman–Crippen MR) is 127 cm³/mol. The molecule has 1 aliphatic heterocycles. The second-order valence-electron chi connectivity index (χ2n) is 8.46. The summed E-state index contributed by atoms with van der Waals surface area (Å²) in [5, 5.41) is 10.6. The molecule has 3 aromatic rings. The lowest BCUT2D eigenvalue weighted by Gasteiger charge is -2.17. The fraction of sp³-hybridized carbons (Fsp3) is 0.375. The molecular weight excluding hydrogens is 418 g/mol. The van der Waals surface area contributed by atoms with E-state index in [0.29, 0.717) is 37.1 Å². The Bertz CT molecular complexity index is 1170. The lowest BCUT2D eigenvalue weighted by molar-refractivity contribution is -0.126. The highest BCUT2D eigenvalue weighted by Crippen LogP contribution is 2.25. The number of amides is 2. The van der Waals surface area contributed by atoms with Gasteiger partial charge in [-0.15, -0.1) is 0 Å². The summed E-state index contributed by atoms with van der Waals surface area (Å²) in [6.07, 6.45) is 0.226. The highest BCUT2D eigenvalue weighted by molar-refractivity contribution is 6.00. The van der Waals surface area contributed by atoms with Gasteiger partial charge < -0.3 is 15.5 Å². The molecule has 0 spiro atoms. The SMILES string of the molecule is Cc1ccc(N2C[C@@H](C(=O)NCCNc3cc(-n4nc(C)cc4C)nc(C)n3)CC2=O)cc1. The smallest absolute Gasteiger partial charge is 0.227 e. The van der Waals surface area contributed by atoms with Crippen LogP contribution in [0.5, 0.6) is 0 Å². The number of hydrogen-bond acceptors (Lipinski definition) is 6. The summed E-state index contributed by atoms with van der Waals surface area (Å²) < 4.78 is 1.79. The Balaban J connectivity index is 1.29. The van der Waals surface area contributed by atoms with Crippen LogP contribution in [0.25, 0.3) is 5.82 Å². The molecule has 1 atom stereocenters. The number of rotatable bonds is 7. The van der Waals surface area contributed by atoms with Gasteiger partial charge in [-0.3, -0.25) is 9.59 Å². The fourth-order valence-corrected chi connectivity index (χ4v) is 3.99. The number of carbonyl (C=O) groups is 2. The predicted octanol–water partition coefficient (Wildman–Crippen LogP) is 2.48. The number of aryl methyl sites for hydroxylation is 4. The zero-order valence-corrected chi connectivity index (χ0v) is 19.4. The molecule has 9 heteroatoms. The molecule has 0 saturated carbocycles. The van der Waals surface area contributed by atoms with E-state index in [2.05, 4.69) is 25.7 Å². The summed E-state index contributed by atoms with van der Waals surface area (Å²) in [6.45, 7) is 9.08. The van der Waals surface area contributed by atoms with Gasteiger partial charge in [-0.05, 0) is 45.9 Å². The van der Waals surface area contributed by atoms with Gasteiger partial charge >= 0.3 is 0 Å². The molecular formula is C24H29N7O2. The first-order valence-corrected chi connectivity index (χ1v) is 11.1. The third kappa shape index (κ3) is 5.19. The Morgan fingerprint density at radius 3 is 2.52 bits per heavy atom. The highest BCUT2D eigenvalue weighted by atomic mass is 16.2. The normalized spacial score (nSPS) is 15.7. The van der Waals surface area contributed by atoms with Gasteiger partial charge in [0.25, 0.3) is 0 Å². The van der Waals surface area contributed by atoms with Gasteiger partial charge in [0.2, 0.25) is 11.8 Å². The maximum Gasteiger partial charge on any atom is 0.227 e. The van der Waals surface area contributed by atoms with Crippen molar-refractivity contribution < 1.29 is 9.59 Å². The quantitative estimate of drug-likeness (QED) is 0.539. The third-order valence-corrected chi connectivity index (χ3v) is 5.62. The molecule has 172 valence electrons. The molecule has 1 aliphatic rings. The molecule has 3 heterocycles. The number of anilines is 2. The monoisotopic (exact) mass is 447 g/mol. The van der Waals surface area contributed by atoms with Gasteiger partial charge in [0.15, 0.2) is 5.82 Å². The topological polar surface area (TPSA) is 105 Å². The molecule has 4 rings (SSSR count). The van der Waals surface area contributed by atoms with Crippen LogP contribution in [-0.2, 0) is 9.59 Å². The Kier molecular flexibility index (Phi) is 6.39. The first-order valence-electron chi connectivity index (χ1n) is 11.1. The minimum atomic E-state index is -0.349. The number of nitrogens with zero attached hydrogens (tertiary/aromatic N) is 5. The first-order chi connectivity index (χ1) is 15.8. The number of hydrogen-bond donors (Lipinski definition) is 2. The zero-order valence-electron chi connectivity index (χ0n) is 19.4. The summed E-state index contributed by atoms with van der Waals surface area (Å²) in [6, 6.07) is 11.6. The molecule has 2 amide bonds. The standard InChI is InChI=1S/C24H29N7O2/c1-15-5-7-20(8-6-15)30-14-19(12-23(30)32)24(33)26-10-9-25-21-13-22(28-18(4)27-21)31-17(3)11-16(2)29-31/h5-8,11,13,19H,9-10,12,14H2,1-4H3,(H,26,33)(H,25,27,28)/t19-/m0/s1. The lowest BCUT2D eigenvalue weighted by atomic mass is 10.1. The molecule has 1 saturated heterocycles. The lowest BCUT2D eigenvalue weighted by Crippen LogP contribution is -2.35. The van der Waals surface area contributed by atoms with Crippen molar-refractivity contribution in [2.75, 3.05) is 29.9 Å². The summed E-state index contributed by atoms with van der Waals surface area (Å²) in [7, 11) is 0. The van der Waals surface area contributed by atoms with Crippen LogP contribution in [0.2, 0.25) is 0 Å². The van der Waals surface area contributed by atoms with E-state index in [4.69, 9.17) is 0 Å². The highest BCUT2D eigenvalue weighted by Gasteiger charge is 2.34. The number of benzene rings is 1. The van der Waals surface area contributed by atoms with Crippen LogP contribution in [0.15, 0.2) is 36.4 Å². The number of aromatic nitrogens is 4. The van der Waals surface area contributed by atoms with E-state index >= 15 is 0 Å². The Morgan fingerprint density at radius 2 is 1.82 bits per heavy atom. The molecule has 1 aromatic carbocycles. The van der Waals surface area contributed by atoms with Gasteiger partial charge in [-0.2, -0.15) is 5.10 Å². The second kappa shape index (κ2) is 9.40. The van der Waals surface area contributed by atoms with E-state index in [-0.39, 0.29) is 24.2 Å².